The molecule has 110 valence electrons. The molecule has 2 aromatic carbocycles. The van der Waals surface area contributed by atoms with Crippen LogP contribution in [0.5, 0.6) is 11.5 Å². The number of nitrogens with two attached hydrogens (primary N) is 1. The molecule has 0 amide bonds. The van der Waals surface area contributed by atoms with E-state index >= 15 is 0 Å². The van der Waals surface area contributed by atoms with Crippen LogP contribution in [0.4, 0.5) is 0 Å². The summed E-state index contributed by atoms with van der Waals surface area (Å²) in [6.07, 6.45) is 0. The molecule has 0 spiro atoms. The summed E-state index contributed by atoms with van der Waals surface area (Å²) in [5.41, 5.74) is 5.91. The van der Waals surface area contributed by atoms with Gasteiger partial charge >= 0.3 is 0 Å². The molecule has 0 aliphatic heterocycles. The van der Waals surface area contributed by atoms with Gasteiger partial charge in [0.25, 0.3) is 0 Å². The standard InChI is InChI=1S/C15H14BrClN2O2/c16-10-3-1-4-11(9-10)20-7-8-21-13-6-2-5-12(17)14(13)15(18)19/h1-6,9H,7-8H2,(H3,18,19). The van der Waals surface area contributed by atoms with Gasteiger partial charge in [0.15, 0.2) is 0 Å². The second-order valence-corrected chi connectivity index (χ2v) is 5.50. The summed E-state index contributed by atoms with van der Waals surface area (Å²) in [6.45, 7) is 0.702. The zero-order valence-electron chi connectivity index (χ0n) is 11.1. The Kier molecular flexibility index (Phi) is 5.47. The largest absolute Gasteiger partial charge is 0.490 e. The molecule has 2 rings (SSSR count). The number of amidine groups is 1. The first-order valence-electron chi connectivity index (χ1n) is 6.22. The minimum Gasteiger partial charge on any atom is -0.490 e. The molecule has 21 heavy (non-hydrogen) atoms. The normalized spacial score (nSPS) is 10.2. The lowest BCUT2D eigenvalue weighted by molar-refractivity contribution is 0.217. The highest BCUT2D eigenvalue weighted by molar-refractivity contribution is 9.10. The number of hydrogen-bond donors (Lipinski definition) is 2. The summed E-state index contributed by atoms with van der Waals surface area (Å²) in [7, 11) is 0. The Bertz CT molecular complexity index is 649. The van der Waals surface area contributed by atoms with E-state index in [9.17, 15) is 0 Å². The van der Waals surface area contributed by atoms with Gasteiger partial charge in [0.05, 0.1) is 10.6 Å². The first-order valence-corrected chi connectivity index (χ1v) is 7.39. The predicted molar refractivity (Wildman–Crippen MR) is 87.6 cm³/mol. The van der Waals surface area contributed by atoms with E-state index in [0.29, 0.717) is 29.5 Å². The zero-order chi connectivity index (χ0) is 15.2. The number of nitrogens with one attached hydrogen (secondary N) is 1. The van der Waals surface area contributed by atoms with Gasteiger partial charge in [-0.3, -0.25) is 5.41 Å². The zero-order valence-corrected chi connectivity index (χ0v) is 13.4. The van der Waals surface area contributed by atoms with Crippen LogP contribution in [0.3, 0.4) is 0 Å². The molecule has 3 N–H and O–H groups in total. The average Bonchev–Trinajstić information content (AvgIpc) is 2.43. The first kappa shape index (κ1) is 15.7. The smallest absolute Gasteiger partial charge is 0.131 e. The van der Waals surface area contributed by atoms with Crippen LogP contribution in [0.2, 0.25) is 5.02 Å². The Morgan fingerprint density at radius 2 is 1.86 bits per heavy atom. The van der Waals surface area contributed by atoms with E-state index < -0.39 is 0 Å². The molecule has 0 radical (unpaired) electrons. The molecule has 0 unspecified atom stereocenters. The van der Waals surface area contributed by atoms with E-state index in [0.717, 1.165) is 10.2 Å². The van der Waals surface area contributed by atoms with Crippen molar-refractivity contribution in [3.63, 3.8) is 0 Å². The number of nitrogen functional groups attached to an aromatic ring is 1. The maximum absolute atomic E-state index is 7.53. The van der Waals surface area contributed by atoms with Crippen LogP contribution < -0.4 is 15.2 Å². The maximum Gasteiger partial charge on any atom is 0.131 e. The van der Waals surface area contributed by atoms with E-state index in [4.69, 9.17) is 32.2 Å². The van der Waals surface area contributed by atoms with E-state index in [1.165, 1.54) is 0 Å². The van der Waals surface area contributed by atoms with Gasteiger partial charge in [-0.05, 0) is 30.3 Å². The van der Waals surface area contributed by atoms with Crippen molar-refractivity contribution in [2.75, 3.05) is 13.2 Å². The van der Waals surface area contributed by atoms with Crippen molar-refractivity contribution in [3.05, 3.63) is 57.5 Å². The van der Waals surface area contributed by atoms with Gasteiger partial charge < -0.3 is 15.2 Å². The number of ether oxygens (including phenoxy) is 2. The van der Waals surface area contributed by atoms with Gasteiger partial charge in [-0.15, -0.1) is 0 Å². The Morgan fingerprint density at radius 3 is 2.57 bits per heavy atom. The third kappa shape index (κ3) is 4.37. The lowest BCUT2D eigenvalue weighted by Gasteiger charge is -2.12. The molecule has 0 heterocycles. The molecule has 6 heteroatoms. The minimum atomic E-state index is -0.122. The van der Waals surface area contributed by atoms with Crippen molar-refractivity contribution in [2.45, 2.75) is 0 Å². The summed E-state index contributed by atoms with van der Waals surface area (Å²) in [5.74, 6) is 1.11. The second-order valence-electron chi connectivity index (χ2n) is 4.18. The van der Waals surface area contributed by atoms with Crippen LogP contribution in [0.25, 0.3) is 0 Å². The lowest BCUT2D eigenvalue weighted by Crippen LogP contribution is -2.16. The predicted octanol–water partition coefficient (Wildman–Crippen LogP) is 3.84. The molecule has 0 atom stereocenters. The highest BCUT2D eigenvalue weighted by Crippen LogP contribution is 2.25. The van der Waals surface area contributed by atoms with E-state index in [-0.39, 0.29) is 5.84 Å². The van der Waals surface area contributed by atoms with Crippen molar-refractivity contribution in [1.82, 2.24) is 0 Å². The minimum absolute atomic E-state index is 0.122. The average molecular weight is 370 g/mol. The second kappa shape index (κ2) is 7.33. The van der Waals surface area contributed by atoms with Gasteiger partial charge in [-0.1, -0.05) is 39.7 Å². The van der Waals surface area contributed by atoms with E-state index in [1.807, 2.05) is 24.3 Å². The molecule has 4 nitrogen and oxygen atoms in total. The van der Waals surface area contributed by atoms with Crippen LogP contribution >= 0.6 is 27.5 Å². The summed E-state index contributed by atoms with van der Waals surface area (Å²) in [6, 6.07) is 12.7. The molecule has 0 fully saturated rings. The summed E-state index contributed by atoms with van der Waals surface area (Å²) in [4.78, 5) is 0. The first-order chi connectivity index (χ1) is 10.1. The highest BCUT2D eigenvalue weighted by Gasteiger charge is 2.10. The van der Waals surface area contributed by atoms with Gasteiger partial charge in [-0.25, -0.2) is 0 Å². The van der Waals surface area contributed by atoms with Crippen molar-refractivity contribution >= 4 is 33.4 Å². The van der Waals surface area contributed by atoms with Crippen LogP contribution in [-0.2, 0) is 0 Å². The summed E-state index contributed by atoms with van der Waals surface area (Å²) < 4.78 is 12.1. The SMILES string of the molecule is N=C(N)c1c(Cl)cccc1OCCOc1cccc(Br)c1. The number of hydrogen-bond acceptors (Lipinski definition) is 3. The van der Waals surface area contributed by atoms with Crippen molar-refractivity contribution in [2.24, 2.45) is 5.73 Å². The van der Waals surface area contributed by atoms with Crippen molar-refractivity contribution < 1.29 is 9.47 Å². The van der Waals surface area contributed by atoms with Gasteiger partial charge in [0.1, 0.15) is 30.5 Å². The quantitative estimate of drug-likeness (QED) is 0.462. The number of halogens is 2. The molecule has 0 aromatic heterocycles. The molecule has 0 aliphatic carbocycles. The van der Waals surface area contributed by atoms with Crippen molar-refractivity contribution in [3.8, 4) is 11.5 Å². The van der Waals surface area contributed by atoms with E-state index in [2.05, 4.69) is 15.9 Å². The monoisotopic (exact) mass is 368 g/mol. The molecular formula is C15H14BrClN2O2. The third-order valence-corrected chi connectivity index (χ3v) is 3.46. The molecule has 0 aliphatic rings. The Hall–Kier alpha value is -1.72. The van der Waals surface area contributed by atoms with Gasteiger partial charge in [0.2, 0.25) is 0 Å². The maximum atomic E-state index is 7.53. The highest BCUT2D eigenvalue weighted by atomic mass is 79.9. The Morgan fingerprint density at radius 1 is 1.14 bits per heavy atom. The molecule has 0 bridgehead atoms. The fraction of sp³-hybridized carbons (Fsp3) is 0.133. The van der Waals surface area contributed by atoms with Crippen molar-refractivity contribution in [1.29, 1.82) is 5.41 Å². The Labute approximate surface area is 136 Å². The topological polar surface area (TPSA) is 68.3 Å². The van der Waals surface area contributed by atoms with Gasteiger partial charge in [-0.2, -0.15) is 0 Å². The number of rotatable bonds is 6. The molecule has 2 aromatic rings. The fourth-order valence-electron chi connectivity index (χ4n) is 1.75. The van der Waals surface area contributed by atoms with Crippen LogP contribution in [0, 0.1) is 5.41 Å². The van der Waals surface area contributed by atoms with E-state index in [1.54, 1.807) is 18.2 Å². The van der Waals surface area contributed by atoms with Gasteiger partial charge in [0, 0.05) is 4.47 Å². The third-order valence-electron chi connectivity index (χ3n) is 2.65. The summed E-state index contributed by atoms with van der Waals surface area (Å²) in [5, 5.41) is 7.93. The van der Waals surface area contributed by atoms with Crippen LogP contribution in [0.15, 0.2) is 46.9 Å². The lowest BCUT2D eigenvalue weighted by atomic mass is 10.2. The number of benzene rings is 2. The molecular weight excluding hydrogens is 356 g/mol. The molecule has 0 saturated heterocycles. The molecule has 0 saturated carbocycles. The fourth-order valence-corrected chi connectivity index (χ4v) is 2.40. The van der Waals surface area contributed by atoms with Crippen LogP contribution in [0.1, 0.15) is 5.56 Å². The Balaban J connectivity index is 1.92. The van der Waals surface area contributed by atoms with Crippen LogP contribution in [-0.4, -0.2) is 19.0 Å². The summed E-state index contributed by atoms with van der Waals surface area (Å²) >= 11 is 9.39.